The summed E-state index contributed by atoms with van der Waals surface area (Å²) >= 11 is 0. The number of likely N-dealkylation sites (tertiary alicyclic amines) is 1. The molecule has 1 atom stereocenters. The highest BCUT2D eigenvalue weighted by Crippen LogP contribution is 2.31. The van der Waals surface area contributed by atoms with Gasteiger partial charge in [0.05, 0.1) is 5.56 Å². The zero-order chi connectivity index (χ0) is 17.9. The number of halogens is 4. The van der Waals surface area contributed by atoms with Crippen LogP contribution in [0.4, 0.5) is 13.2 Å². The second-order valence-electron chi connectivity index (χ2n) is 6.38. The molecule has 5 nitrogen and oxygen atoms in total. The molecule has 1 aromatic rings. The molecule has 26 heavy (non-hydrogen) atoms. The molecular formula is C17H23ClF3N3O2. The second-order valence-corrected chi connectivity index (χ2v) is 6.38. The van der Waals surface area contributed by atoms with E-state index < -0.39 is 11.7 Å². The van der Waals surface area contributed by atoms with E-state index in [0.717, 1.165) is 44.7 Å². The van der Waals surface area contributed by atoms with E-state index >= 15 is 0 Å². The summed E-state index contributed by atoms with van der Waals surface area (Å²) in [6, 6.07) is 4.96. The number of carbonyl (C=O) groups is 1. The van der Waals surface area contributed by atoms with Crippen LogP contribution in [-0.4, -0.2) is 67.6 Å². The number of nitrogens with zero attached hydrogens (tertiary/aromatic N) is 2. The van der Waals surface area contributed by atoms with Gasteiger partial charge in [0.2, 0.25) is 0 Å². The third-order valence-electron chi connectivity index (χ3n) is 4.71. The fourth-order valence-electron chi connectivity index (χ4n) is 3.31. The van der Waals surface area contributed by atoms with Crippen molar-refractivity contribution in [3.63, 3.8) is 0 Å². The molecule has 3 rings (SSSR count). The Kier molecular flexibility index (Phi) is 7.14. The van der Waals surface area contributed by atoms with Crippen molar-refractivity contribution in [3.8, 4) is 5.75 Å². The quantitative estimate of drug-likeness (QED) is 0.850. The third kappa shape index (κ3) is 5.25. The summed E-state index contributed by atoms with van der Waals surface area (Å²) in [5.74, 6) is -0.129. The van der Waals surface area contributed by atoms with Crippen molar-refractivity contribution in [2.75, 3.05) is 45.9 Å². The van der Waals surface area contributed by atoms with Gasteiger partial charge in [-0.25, -0.2) is 0 Å². The van der Waals surface area contributed by atoms with E-state index in [9.17, 15) is 18.0 Å². The Hall–Kier alpha value is -1.51. The zero-order valence-corrected chi connectivity index (χ0v) is 15.1. The van der Waals surface area contributed by atoms with Gasteiger partial charge >= 0.3 is 6.18 Å². The minimum absolute atomic E-state index is 0. The Morgan fingerprint density at radius 1 is 1.23 bits per heavy atom. The van der Waals surface area contributed by atoms with Crippen molar-refractivity contribution in [2.45, 2.75) is 18.6 Å². The first kappa shape index (κ1) is 20.8. The van der Waals surface area contributed by atoms with Crippen LogP contribution in [0.5, 0.6) is 5.75 Å². The molecule has 1 amide bonds. The van der Waals surface area contributed by atoms with E-state index in [1.807, 2.05) is 0 Å². The second kappa shape index (κ2) is 8.92. The Balaban J connectivity index is 0.00000243. The first-order valence-corrected chi connectivity index (χ1v) is 8.46. The summed E-state index contributed by atoms with van der Waals surface area (Å²) in [7, 11) is 0. The molecule has 146 valence electrons. The Morgan fingerprint density at radius 3 is 2.65 bits per heavy atom. The summed E-state index contributed by atoms with van der Waals surface area (Å²) in [6.45, 7) is 4.97. The summed E-state index contributed by atoms with van der Waals surface area (Å²) < 4.78 is 43.4. The number of hydrogen-bond donors (Lipinski definition) is 1. The maximum atomic E-state index is 12.7. The van der Waals surface area contributed by atoms with Crippen LogP contribution in [0.1, 0.15) is 12.0 Å². The number of carbonyl (C=O) groups excluding carboxylic acids is 1. The van der Waals surface area contributed by atoms with Gasteiger partial charge in [0, 0.05) is 45.3 Å². The summed E-state index contributed by atoms with van der Waals surface area (Å²) in [4.78, 5) is 16.4. The van der Waals surface area contributed by atoms with Crippen LogP contribution >= 0.6 is 12.4 Å². The Bertz CT molecular complexity index is 609. The van der Waals surface area contributed by atoms with Crippen LogP contribution in [0.3, 0.4) is 0 Å². The standard InChI is InChI=1S/C17H22F3N3O2.ClH/c18-17(19,20)13-2-1-3-15(10-13)25-12-16(24)23-7-4-14(11-23)22-8-5-21-6-9-22;/h1-3,10,14,21H,4-9,11-12H2;1H. The maximum absolute atomic E-state index is 12.7. The first-order chi connectivity index (χ1) is 11.9. The maximum Gasteiger partial charge on any atom is 0.416 e. The fourth-order valence-corrected chi connectivity index (χ4v) is 3.31. The van der Waals surface area contributed by atoms with Crippen molar-refractivity contribution in [1.29, 1.82) is 0 Å². The van der Waals surface area contributed by atoms with Crippen molar-refractivity contribution in [1.82, 2.24) is 15.1 Å². The molecule has 1 aromatic carbocycles. The van der Waals surface area contributed by atoms with Crippen LogP contribution in [0, 0.1) is 0 Å². The molecule has 1 N–H and O–H groups in total. The zero-order valence-electron chi connectivity index (χ0n) is 14.3. The van der Waals surface area contributed by atoms with E-state index in [2.05, 4.69) is 10.2 Å². The number of alkyl halides is 3. The van der Waals surface area contributed by atoms with Crippen LogP contribution in [0.25, 0.3) is 0 Å². The molecule has 2 heterocycles. The molecule has 2 aliphatic rings. The molecule has 1 unspecified atom stereocenters. The molecule has 2 aliphatic heterocycles. The summed E-state index contributed by atoms with van der Waals surface area (Å²) in [5.41, 5.74) is -0.780. The van der Waals surface area contributed by atoms with Crippen LogP contribution in [0.15, 0.2) is 24.3 Å². The minimum atomic E-state index is -4.42. The van der Waals surface area contributed by atoms with Gasteiger partial charge in [-0.05, 0) is 24.6 Å². The lowest BCUT2D eigenvalue weighted by atomic mass is 10.2. The van der Waals surface area contributed by atoms with Crippen molar-refractivity contribution in [2.24, 2.45) is 0 Å². The molecule has 0 spiro atoms. The molecule has 0 aliphatic carbocycles. The topological polar surface area (TPSA) is 44.8 Å². The van der Waals surface area contributed by atoms with Crippen LogP contribution < -0.4 is 10.1 Å². The number of benzene rings is 1. The number of rotatable bonds is 4. The van der Waals surface area contributed by atoms with Gasteiger partial charge in [0.1, 0.15) is 5.75 Å². The molecule has 2 saturated heterocycles. The highest BCUT2D eigenvalue weighted by atomic mass is 35.5. The van der Waals surface area contributed by atoms with E-state index in [1.165, 1.54) is 12.1 Å². The lowest BCUT2D eigenvalue weighted by molar-refractivity contribution is -0.137. The predicted molar refractivity (Wildman–Crippen MR) is 93.6 cm³/mol. The number of nitrogens with one attached hydrogen (secondary N) is 1. The SMILES string of the molecule is Cl.O=C(COc1cccc(C(F)(F)F)c1)N1CCC(N2CCNCC2)C1. The van der Waals surface area contributed by atoms with Gasteiger partial charge in [-0.2, -0.15) is 13.2 Å². The van der Waals surface area contributed by atoms with Gasteiger partial charge in [0.15, 0.2) is 6.61 Å². The van der Waals surface area contributed by atoms with E-state index in [-0.39, 0.29) is 30.7 Å². The first-order valence-electron chi connectivity index (χ1n) is 8.46. The molecule has 2 fully saturated rings. The van der Waals surface area contributed by atoms with E-state index in [1.54, 1.807) is 4.90 Å². The minimum Gasteiger partial charge on any atom is -0.484 e. The molecule has 9 heteroatoms. The highest BCUT2D eigenvalue weighted by Gasteiger charge is 2.32. The normalized spacial score (nSPS) is 21.3. The van der Waals surface area contributed by atoms with Gasteiger partial charge in [0.25, 0.3) is 5.91 Å². The number of ether oxygens (including phenoxy) is 1. The average Bonchev–Trinajstić information content (AvgIpc) is 3.10. The van der Waals surface area contributed by atoms with Crippen molar-refractivity contribution >= 4 is 18.3 Å². The van der Waals surface area contributed by atoms with E-state index in [4.69, 9.17) is 4.74 Å². The summed E-state index contributed by atoms with van der Waals surface area (Å²) in [5, 5.41) is 3.30. The smallest absolute Gasteiger partial charge is 0.416 e. The number of amides is 1. The highest BCUT2D eigenvalue weighted by molar-refractivity contribution is 5.85. The van der Waals surface area contributed by atoms with Gasteiger partial charge < -0.3 is 15.0 Å². The predicted octanol–water partition coefficient (Wildman–Crippen LogP) is 2.01. The Morgan fingerprint density at radius 2 is 1.96 bits per heavy atom. The lowest BCUT2D eigenvalue weighted by Gasteiger charge is -2.32. The van der Waals surface area contributed by atoms with Gasteiger partial charge in [-0.1, -0.05) is 6.07 Å². The molecular weight excluding hydrogens is 371 g/mol. The fraction of sp³-hybridized carbons (Fsp3) is 0.588. The molecule has 0 bridgehead atoms. The monoisotopic (exact) mass is 393 g/mol. The number of hydrogen-bond acceptors (Lipinski definition) is 4. The van der Waals surface area contributed by atoms with Crippen molar-refractivity contribution < 1.29 is 22.7 Å². The van der Waals surface area contributed by atoms with Crippen LogP contribution in [0.2, 0.25) is 0 Å². The Labute approximate surface area is 156 Å². The molecule has 0 saturated carbocycles. The average molecular weight is 394 g/mol. The van der Waals surface area contributed by atoms with Crippen LogP contribution in [-0.2, 0) is 11.0 Å². The van der Waals surface area contributed by atoms with Gasteiger partial charge in [-0.15, -0.1) is 12.4 Å². The molecule has 0 aromatic heterocycles. The lowest BCUT2D eigenvalue weighted by Crippen LogP contribution is -2.49. The third-order valence-corrected chi connectivity index (χ3v) is 4.71. The van der Waals surface area contributed by atoms with E-state index in [0.29, 0.717) is 19.1 Å². The van der Waals surface area contributed by atoms with Gasteiger partial charge in [-0.3, -0.25) is 9.69 Å². The van der Waals surface area contributed by atoms with Crippen molar-refractivity contribution in [3.05, 3.63) is 29.8 Å². The number of piperazine rings is 1. The molecule has 0 radical (unpaired) electrons. The largest absolute Gasteiger partial charge is 0.484 e. The summed E-state index contributed by atoms with van der Waals surface area (Å²) in [6.07, 6.45) is -3.50.